The molecule has 0 aromatic heterocycles. The summed E-state index contributed by atoms with van der Waals surface area (Å²) in [5.41, 5.74) is 1.70. The van der Waals surface area contributed by atoms with Crippen molar-refractivity contribution >= 4 is 0 Å². The number of benzene rings is 3. The molecule has 1 aliphatic rings. The Labute approximate surface area is 190 Å². The van der Waals surface area contributed by atoms with Crippen LogP contribution in [0.3, 0.4) is 0 Å². The normalized spacial score (nSPS) is 20.5. The molecule has 0 heterocycles. The van der Waals surface area contributed by atoms with E-state index in [1.54, 1.807) is 48.5 Å². The number of hydrogen-bond donors (Lipinski definition) is 2. The second-order valence-electron chi connectivity index (χ2n) is 8.73. The van der Waals surface area contributed by atoms with E-state index >= 15 is 0 Å². The minimum Gasteiger partial charge on any atom is -0.508 e. The number of fused-ring (bicyclic) bond motifs is 1. The van der Waals surface area contributed by atoms with Crippen LogP contribution >= 0.6 is 0 Å². The number of rotatable bonds is 5. The fraction of sp³-hybridized carbons (Fsp3) is 0.308. The van der Waals surface area contributed by atoms with Crippen molar-refractivity contribution < 1.29 is 28.1 Å². The van der Waals surface area contributed by atoms with E-state index in [0.29, 0.717) is 41.6 Å². The van der Waals surface area contributed by atoms with Gasteiger partial charge in [0.25, 0.3) is 0 Å². The van der Waals surface area contributed by atoms with Crippen LogP contribution in [-0.4, -0.2) is 42.1 Å². The zero-order valence-electron chi connectivity index (χ0n) is 18.4. The molecule has 7 heteroatoms. The van der Waals surface area contributed by atoms with Crippen molar-refractivity contribution in [3.05, 3.63) is 83.4 Å². The molecule has 0 unspecified atom stereocenters. The molecule has 0 radical (unpaired) electrons. The maximum Gasteiger partial charge on any atom is 0.573 e. The van der Waals surface area contributed by atoms with E-state index in [4.69, 9.17) is 0 Å². The van der Waals surface area contributed by atoms with Crippen LogP contribution in [0.15, 0.2) is 66.7 Å². The third-order valence-corrected chi connectivity index (χ3v) is 6.16. The minimum atomic E-state index is -4.79. The first-order valence-electron chi connectivity index (χ1n) is 10.7. The van der Waals surface area contributed by atoms with E-state index in [1.807, 2.05) is 25.1 Å². The number of aryl methyl sites for hydroxylation is 1. The first kappa shape index (κ1) is 23.1. The van der Waals surface area contributed by atoms with E-state index in [0.717, 1.165) is 5.56 Å². The van der Waals surface area contributed by atoms with Gasteiger partial charge in [-0.2, -0.15) is 0 Å². The Morgan fingerprint density at radius 1 is 1.03 bits per heavy atom. The number of nitrogens with zero attached hydrogens (tertiary/aromatic N) is 1. The molecular formula is C26H26F3NO3. The summed E-state index contributed by atoms with van der Waals surface area (Å²) in [7, 11) is 3.89. The summed E-state index contributed by atoms with van der Waals surface area (Å²) in [6.45, 7) is 0.635. The largest absolute Gasteiger partial charge is 0.573 e. The van der Waals surface area contributed by atoms with Crippen LogP contribution in [0.1, 0.15) is 23.1 Å². The molecule has 0 spiro atoms. The number of aliphatic hydroxyl groups is 1. The van der Waals surface area contributed by atoms with Crippen LogP contribution in [0.25, 0.3) is 11.1 Å². The number of aromatic hydroxyl groups is 1. The van der Waals surface area contributed by atoms with Crippen LogP contribution in [0.4, 0.5) is 13.2 Å². The topological polar surface area (TPSA) is 52.9 Å². The van der Waals surface area contributed by atoms with Gasteiger partial charge in [-0.15, -0.1) is 13.2 Å². The summed E-state index contributed by atoms with van der Waals surface area (Å²) in [6.07, 6.45) is -3.44. The van der Waals surface area contributed by atoms with Gasteiger partial charge in [0.05, 0.1) is 0 Å². The zero-order chi connectivity index (χ0) is 23.8. The first-order valence-corrected chi connectivity index (χ1v) is 10.7. The van der Waals surface area contributed by atoms with E-state index in [-0.39, 0.29) is 17.4 Å². The minimum absolute atomic E-state index is 0.0616. The molecule has 174 valence electrons. The highest BCUT2D eigenvalue weighted by molar-refractivity contribution is 5.72. The summed E-state index contributed by atoms with van der Waals surface area (Å²) >= 11 is 0. The summed E-state index contributed by atoms with van der Waals surface area (Å²) in [6, 6.07) is 18.0. The summed E-state index contributed by atoms with van der Waals surface area (Å²) in [4.78, 5) is 2.02. The standard InChI is InChI=1S/C26H26F3NO3/c1-30(2)16-20-12-10-18-14-17(22-8-3-4-9-24(22)33-26(27,28)29)11-13-23(18)25(20,32)19-6-5-7-21(31)15-19/h3-9,11,13-15,20,31-32H,10,12,16H2,1-2H3/t20-,25+/m1/s1. The monoisotopic (exact) mass is 457 g/mol. The van der Waals surface area contributed by atoms with Crippen LogP contribution in [0.5, 0.6) is 11.5 Å². The number of hydrogen-bond acceptors (Lipinski definition) is 4. The molecule has 3 aromatic carbocycles. The van der Waals surface area contributed by atoms with Crippen molar-refractivity contribution in [2.75, 3.05) is 20.6 Å². The van der Waals surface area contributed by atoms with E-state index in [9.17, 15) is 23.4 Å². The average Bonchev–Trinajstić information content (AvgIpc) is 2.74. The van der Waals surface area contributed by atoms with Gasteiger partial charge in [-0.3, -0.25) is 0 Å². The van der Waals surface area contributed by atoms with Gasteiger partial charge in [-0.25, -0.2) is 0 Å². The SMILES string of the molecule is CN(C)C[C@H]1CCc2cc(-c3ccccc3OC(F)(F)F)ccc2[C@]1(O)c1cccc(O)c1. The Kier molecular flexibility index (Phi) is 6.12. The highest BCUT2D eigenvalue weighted by atomic mass is 19.4. The molecule has 0 saturated carbocycles. The van der Waals surface area contributed by atoms with E-state index < -0.39 is 12.0 Å². The molecule has 4 nitrogen and oxygen atoms in total. The Hall–Kier alpha value is -3.03. The van der Waals surface area contributed by atoms with Gasteiger partial charge in [-0.05, 0) is 67.4 Å². The lowest BCUT2D eigenvalue weighted by Crippen LogP contribution is -2.45. The average molecular weight is 457 g/mol. The fourth-order valence-corrected chi connectivity index (χ4v) is 4.82. The molecule has 0 aliphatic heterocycles. The predicted molar refractivity (Wildman–Crippen MR) is 120 cm³/mol. The van der Waals surface area contributed by atoms with Crippen molar-refractivity contribution in [3.63, 3.8) is 0 Å². The molecule has 0 saturated heterocycles. The fourth-order valence-electron chi connectivity index (χ4n) is 4.82. The molecule has 33 heavy (non-hydrogen) atoms. The molecule has 0 fully saturated rings. The maximum absolute atomic E-state index is 12.9. The zero-order valence-corrected chi connectivity index (χ0v) is 18.4. The maximum atomic E-state index is 12.9. The highest BCUT2D eigenvalue weighted by Crippen LogP contribution is 2.47. The van der Waals surface area contributed by atoms with Crippen molar-refractivity contribution in [3.8, 4) is 22.6 Å². The van der Waals surface area contributed by atoms with E-state index in [2.05, 4.69) is 4.74 Å². The number of para-hydroxylation sites is 1. The van der Waals surface area contributed by atoms with Gasteiger partial charge in [0.1, 0.15) is 17.1 Å². The lowest BCUT2D eigenvalue weighted by Gasteiger charge is -2.43. The third kappa shape index (κ3) is 4.70. The predicted octanol–water partition coefficient (Wildman–Crippen LogP) is 5.32. The smallest absolute Gasteiger partial charge is 0.508 e. The van der Waals surface area contributed by atoms with Crippen molar-refractivity contribution in [1.29, 1.82) is 0 Å². The second-order valence-corrected chi connectivity index (χ2v) is 8.73. The van der Waals surface area contributed by atoms with Gasteiger partial charge >= 0.3 is 6.36 Å². The Morgan fingerprint density at radius 3 is 2.48 bits per heavy atom. The second kappa shape index (κ2) is 8.72. The lowest BCUT2D eigenvalue weighted by atomic mass is 9.67. The summed E-state index contributed by atoms with van der Waals surface area (Å²) in [5, 5.41) is 22.1. The number of ether oxygens (including phenoxy) is 1. The first-order chi connectivity index (χ1) is 15.6. The van der Waals surface area contributed by atoms with Crippen molar-refractivity contribution in [2.24, 2.45) is 5.92 Å². The number of halogens is 3. The quantitative estimate of drug-likeness (QED) is 0.545. The summed E-state index contributed by atoms with van der Waals surface area (Å²) < 4.78 is 42.9. The Bertz CT molecular complexity index is 1150. The van der Waals surface area contributed by atoms with Gasteiger partial charge in [0, 0.05) is 18.0 Å². The third-order valence-electron chi connectivity index (χ3n) is 6.16. The molecule has 0 amide bonds. The molecular weight excluding hydrogens is 431 g/mol. The number of phenolic OH excluding ortho intramolecular Hbond substituents is 1. The van der Waals surface area contributed by atoms with Crippen LogP contribution in [0.2, 0.25) is 0 Å². The van der Waals surface area contributed by atoms with Crippen LogP contribution in [-0.2, 0) is 12.0 Å². The highest BCUT2D eigenvalue weighted by Gasteiger charge is 2.44. The molecule has 3 aromatic rings. The molecule has 2 N–H and O–H groups in total. The molecule has 0 bridgehead atoms. The summed E-state index contributed by atoms with van der Waals surface area (Å²) in [5.74, 6) is -0.338. The van der Waals surface area contributed by atoms with Gasteiger partial charge in [0.15, 0.2) is 0 Å². The van der Waals surface area contributed by atoms with Crippen molar-refractivity contribution in [2.45, 2.75) is 24.8 Å². The molecule has 2 atom stereocenters. The molecule has 1 aliphatic carbocycles. The van der Waals surface area contributed by atoms with Crippen molar-refractivity contribution in [1.82, 2.24) is 4.90 Å². The van der Waals surface area contributed by atoms with Gasteiger partial charge in [-0.1, -0.05) is 48.5 Å². The van der Waals surface area contributed by atoms with Gasteiger partial charge in [0.2, 0.25) is 0 Å². The number of phenols is 1. The van der Waals surface area contributed by atoms with Gasteiger partial charge < -0.3 is 19.8 Å². The van der Waals surface area contributed by atoms with Crippen LogP contribution in [0, 0.1) is 5.92 Å². The molecule has 4 rings (SSSR count). The number of alkyl halides is 3. The lowest BCUT2D eigenvalue weighted by molar-refractivity contribution is -0.274. The van der Waals surface area contributed by atoms with E-state index in [1.165, 1.54) is 12.1 Å². The Morgan fingerprint density at radius 2 is 1.79 bits per heavy atom. The van der Waals surface area contributed by atoms with Crippen LogP contribution < -0.4 is 4.74 Å². The Balaban J connectivity index is 1.82.